The molecule has 0 radical (unpaired) electrons. The number of allylic oxidation sites excluding steroid dienone is 1. The SMILES string of the molecule is CC(C)C(=O)/C=C(/c1ccc(Br)cc1)C(C)(C)O. The lowest BCUT2D eigenvalue weighted by molar-refractivity contribution is -0.117. The van der Waals surface area contributed by atoms with E-state index in [4.69, 9.17) is 0 Å². The molecule has 0 fully saturated rings. The van der Waals surface area contributed by atoms with E-state index in [0.29, 0.717) is 5.57 Å². The van der Waals surface area contributed by atoms with Gasteiger partial charge in [0.25, 0.3) is 0 Å². The van der Waals surface area contributed by atoms with Crippen molar-refractivity contribution in [3.63, 3.8) is 0 Å². The van der Waals surface area contributed by atoms with Crippen molar-refractivity contribution in [3.8, 4) is 0 Å². The second-order valence-corrected chi connectivity index (χ2v) is 6.10. The van der Waals surface area contributed by atoms with Gasteiger partial charge in [-0.25, -0.2) is 0 Å². The summed E-state index contributed by atoms with van der Waals surface area (Å²) in [6.07, 6.45) is 1.55. The van der Waals surface area contributed by atoms with E-state index in [9.17, 15) is 9.90 Å². The van der Waals surface area contributed by atoms with E-state index in [1.54, 1.807) is 19.9 Å². The Balaban J connectivity index is 3.23. The summed E-state index contributed by atoms with van der Waals surface area (Å²) >= 11 is 3.37. The lowest BCUT2D eigenvalue weighted by Crippen LogP contribution is -2.22. The maximum Gasteiger partial charge on any atom is 0.158 e. The van der Waals surface area contributed by atoms with Crippen molar-refractivity contribution in [1.82, 2.24) is 0 Å². The van der Waals surface area contributed by atoms with Crippen molar-refractivity contribution in [2.75, 3.05) is 0 Å². The highest BCUT2D eigenvalue weighted by Crippen LogP contribution is 2.28. The van der Waals surface area contributed by atoms with Crippen LogP contribution in [0.4, 0.5) is 0 Å². The number of ketones is 1. The zero-order chi connectivity index (χ0) is 13.9. The van der Waals surface area contributed by atoms with Crippen LogP contribution in [0.25, 0.3) is 5.57 Å². The van der Waals surface area contributed by atoms with E-state index < -0.39 is 5.60 Å². The Morgan fingerprint density at radius 3 is 2.17 bits per heavy atom. The van der Waals surface area contributed by atoms with Gasteiger partial charge in [-0.15, -0.1) is 0 Å². The third-order valence-corrected chi connectivity index (χ3v) is 3.20. The van der Waals surface area contributed by atoms with Gasteiger partial charge in [0.2, 0.25) is 0 Å². The molecule has 0 atom stereocenters. The van der Waals surface area contributed by atoms with Crippen molar-refractivity contribution in [3.05, 3.63) is 40.4 Å². The highest BCUT2D eigenvalue weighted by atomic mass is 79.9. The Morgan fingerprint density at radius 2 is 1.78 bits per heavy atom. The van der Waals surface area contributed by atoms with Crippen LogP contribution in [0.1, 0.15) is 33.3 Å². The van der Waals surface area contributed by atoms with Crippen molar-refractivity contribution >= 4 is 27.3 Å². The standard InChI is InChI=1S/C15H19BrO2/c1-10(2)14(17)9-13(15(3,4)18)11-5-7-12(16)8-6-11/h5-10,18H,1-4H3/b13-9-. The second kappa shape index (κ2) is 5.81. The minimum atomic E-state index is -1.04. The third-order valence-electron chi connectivity index (χ3n) is 2.67. The van der Waals surface area contributed by atoms with Crippen LogP contribution in [0.5, 0.6) is 0 Å². The minimum absolute atomic E-state index is 0.0232. The van der Waals surface area contributed by atoms with Crippen molar-refractivity contribution in [2.24, 2.45) is 5.92 Å². The number of rotatable bonds is 4. The van der Waals surface area contributed by atoms with Gasteiger partial charge < -0.3 is 5.11 Å². The molecule has 0 aliphatic heterocycles. The zero-order valence-corrected chi connectivity index (χ0v) is 12.8. The van der Waals surface area contributed by atoms with Crippen LogP contribution in [0.2, 0.25) is 0 Å². The highest BCUT2D eigenvalue weighted by Gasteiger charge is 2.22. The van der Waals surface area contributed by atoms with Crippen LogP contribution < -0.4 is 0 Å². The fourth-order valence-corrected chi connectivity index (χ4v) is 1.82. The molecule has 0 aromatic heterocycles. The molecule has 0 saturated heterocycles. The first-order chi connectivity index (χ1) is 8.21. The van der Waals surface area contributed by atoms with Gasteiger partial charge in [0.05, 0.1) is 5.60 Å². The van der Waals surface area contributed by atoms with Crippen LogP contribution >= 0.6 is 15.9 Å². The summed E-state index contributed by atoms with van der Waals surface area (Å²) < 4.78 is 0.969. The second-order valence-electron chi connectivity index (χ2n) is 5.18. The summed E-state index contributed by atoms with van der Waals surface area (Å²) in [4.78, 5) is 11.8. The molecule has 0 aliphatic carbocycles. The number of halogens is 1. The average molecular weight is 311 g/mol. The Bertz CT molecular complexity index is 450. The summed E-state index contributed by atoms with van der Waals surface area (Å²) in [7, 11) is 0. The van der Waals surface area contributed by atoms with Crippen LogP contribution in [0.3, 0.4) is 0 Å². The molecule has 0 amide bonds. The summed E-state index contributed by atoms with van der Waals surface area (Å²) in [5, 5.41) is 10.2. The number of carbonyl (C=O) groups excluding carboxylic acids is 1. The van der Waals surface area contributed by atoms with Crippen LogP contribution in [0, 0.1) is 5.92 Å². The first-order valence-electron chi connectivity index (χ1n) is 5.96. The summed E-state index contributed by atoms with van der Waals surface area (Å²) in [5.41, 5.74) is 0.465. The number of benzene rings is 1. The van der Waals surface area contributed by atoms with Gasteiger partial charge in [-0.3, -0.25) is 4.79 Å². The smallest absolute Gasteiger partial charge is 0.158 e. The van der Waals surface area contributed by atoms with E-state index in [1.807, 2.05) is 38.1 Å². The number of carbonyl (C=O) groups is 1. The predicted molar refractivity (Wildman–Crippen MR) is 78.3 cm³/mol. The third kappa shape index (κ3) is 4.07. The molecule has 3 heteroatoms. The fraction of sp³-hybridized carbons (Fsp3) is 0.400. The summed E-state index contributed by atoms with van der Waals surface area (Å²) in [6.45, 7) is 7.08. The number of hydrogen-bond acceptors (Lipinski definition) is 2. The van der Waals surface area contributed by atoms with Crippen molar-refractivity contribution in [1.29, 1.82) is 0 Å². The van der Waals surface area contributed by atoms with Crippen molar-refractivity contribution < 1.29 is 9.90 Å². The van der Waals surface area contributed by atoms with Crippen molar-refractivity contribution in [2.45, 2.75) is 33.3 Å². The first kappa shape index (κ1) is 15.1. The maximum absolute atomic E-state index is 11.8. The van der Waals surface area contributed by atoms with Gasteiger partial charge in [0.15, 0.2) is 5.78 Å². The molecule has 0 bridgehead atoms. The normalized spacial score (nSPS) is 12.9. The monoisotopic (exact) mass is 310 g/mol. The van der Waals surface area contributed by atoms with Crippen LogP contribution in [-0.2, 0) is 4.79 Å². The van der Waals surface area contributed by atoms with E-state index in [-0.39, 0.29) is 11.7 Å². The van der Waals surface area contributed by atoms with E-state index in [2.05, 4.69) is 15.9 Å². The van der Waals surface area contributed by atoms with Gasteiger partial charge in [0.1, 0.15) is 0 Å². The topological polar surface area (TPSA) is 37.3 Å². The molecule has 2 nitrogen and oxygen atoms in total. The zero-order valence-electron chi connectivity index (χ0n) is 11.2. The molecular weight excluding hydrogens is 292 g/mol. The molecule has 98 valence electrons. The fourth-order valence-electron chi connectivity index (χ4n) is 1.55. The molecule has 18 heavy (non-hydrogen) atoms. The number of aliphatic hydroxyl groups is 1. The summed E-state index contributed by atoms with van der Waals surface area (Å²) in [5.74, 6) is -0.0483. The molecule has 0 spiro atoms. The number of hydrogen-bond donors (Lipinski definition) is 1. The molecule has 1 rings (SSSR count). The van der Waals surface area contributed by atoms with Gasteiger partial charge >= 0.3 is 0 Å². The van der Waals surface area contributed by atoms with Gasteiger partial charge in [-0.2, -0.15) is 0 Å². The molecule has 0 unspecified atom stereocenters. The molecule has 0 aliphatic rings. The van der Waals surface area contributed by atoms with Gasteiger partial charge in [-0.05, 0) is 43.2 Å². The Morgan fingerprint density at radius 1 is 1.28 bits per heavy atom. The molecular formula is C15H19BrO2. The van der Waals surface area contributed by atoms with E-state index >= 15 is 0 Å². The molecule has 1 N–H and O–H groups in total. The lowest BCUT2D eigenvalue weighted by atomic mass is 9.89. The van der Waals surface area contributed by atoms with Crippen LogP contribution in [0.15, 0.2) is 34.8 Å². The molecule has 1 aromatic rings. The molecule has 0 heterocycles. The largest absolute Gasteiger partial charge is 0.386 e. The Labute approximate surface area is 117 Å². The maximum atomic E-state index is 11.8. The highest BCUT2D eigenvalue weighted by molar-refractivity contribution is 9.10. The van der Waals surface area contributed by atoms with E-state index in [1.165, 1.54) is 0 Å². The Hall–Kier alpha value is -0.930. The lowest BCUT2D eigenvalue weighted by Gasteiger charge is -2.22. The van der Waals surface area contributed by atoms with Crippen LogP contribution in [-0.4, -0.2) is 16.5 Å². The molecule has 0 saturated carbocycles. The summed E-state index contributed by atoms with van der Waals surface area (Å²) in [6, 6.07) is 7.58. The van der Waals surface area contributed by atoms with Gasteiger partial charge in [-0.1, -0.05) is 41.9 Å². The molecule has 1 aromatic carbocycles. The van der Waals surface area contributed by atoms with E-state index in [0.717, 1.165) is 10.0 Å². The Kier molecular flexibility index (Phi) is 4.88. The first-order valence-corrected chi connectivity index (χ1v) is 6.75. The quantitative estimate of drug-likeness (QED) is 0.858. The predicted octanol–water partition coefficient (Wildman–Crippen LogP) is 3.83. The average Bonchev–Trinajstić information content (AvgIpc) is 2.25. The van der Waals surface area contributed by atoms with Gasteiger partial charge in [0, 0.05) is 10.4 Å². The minimum Gasteiger partial charge on any atom is -0.386 e.